The fourth-order valence-electron chi connectivity index (χ4n) is 4.75. The lowest BCUT2D eigenvalue weighted by Gasteiger charge is -2.37. The molecule has 5 atom stereocenters. The van der Waals surface area contributed by atoms with Crippen LogP contribution in [0.15, 0.2) is 24.3 Å². The molecule has 0 bridgehead atoms. The molecule has 0 saturated carbocycles. The van der Waals surface area contributed by atoms with E-state index in [0.717, 1.165) is 22.2 Å². The number of amides is 2. The molecule has 0 spiro atoms. The average molecular weight is 397 g/mol. The highest BCUT2D eigenvalue weighted by atomic mass is 16.4. The number of H-pyrrole nitrogens is 1. The lowest BCUT2D eigenvalue weighted by Crippen LogP contribution is -2.56. The van der Waals surface area contributed by atoms with Crippen molar-refractivity contribution in [2.45, 2.75) is 58.2 Å². The molecule has 2 aliphatic rings. The van der Waals surface area contributed by atoms with E-state index in [1.165, 1.54) is 0 Å². The molecule has 1 fully saturated rings. The molecule has 1 aromatic heterocycles. The number of hydrogen-bond acceptors (Lipinski definition) is 3. The molecule has 0 radical (unpaired) electrons. The molecule has 0 aliphatic carbocycles. The first kappa shape index (κ1) is 19.5. The lowest BCUT2D eigenvalue weighted by molar-refractivity contribution is -0.146. The monoisotopic (exact) mass is 397 g/mol. The first-order valence-electron chi connectivity index (χ1n) is 10.3. The summed E-state index contributed by atoms with van der Waals surface area (Å²) in [5.74, 6) is -1.85. The summed E-state index contributed by atoms with van der Waals surface area (Å²) in [6.45, 7) is 5.59. The zero-order chi connectivity index (χ0) is 20.9. The molecule has 7 heteroatoms. The minimum absolute atomic E-state index is 0.0464. The van der Waals surface area contributed by atoms with Gasteiger partial charge in [-0.1, -0.05) is 45.4 Å². The van der Waals surface area contributed by atoms with Gasteiger partial charge in [0.15, 0.2) is 0 Å². The highest BCUT2D eigenvalue weighted by Gasteiger charge is 2.49. The molecular weight excluding hydrogens is 370 g/mol. The number of nitrogens with one attached hydrogen (secondary N) is 2. The number of carboxylic acids is 1. The number of carbonyl (C=O) groups is 3. The van der Waals surface area contributed by atoms with E-state index in [-0.39, 0.29) is 29.7 Å². The first-order chi connectivity index (χ1) is 13.8. The van der Waals surface area contributed by atoms with Crippen LogP contribution in [0.2, 0.25) is 0 Å². The molecule has 3 heterocycles. The quantitative estimate of drug-likeness (QED) is 0.722. The van der Waals surface area contributed by atoms with Crippen LogP contribution in [-0.2, 0) is 20.8 Å². The summed E-state index contributed by atoms with van der Waals surface area (Å²) in [7, 11) is 0. The zero-order valence-corrected chi connectivity index (χ0v) is 16.9. The number of aromatic amines is 1. The Kier molecular flexibility index (Phi) is 4.84. The number of fused-ring (bicyclic) bond motifs is 5. The van der Waals surface area contributed by atoms with Gasteiger partial charge in [-0.2, -0.15) is 0 Å². The van der Waals surface area contributed by atoms with E-state index in [9.17, 15) is 19.5 Å². The van der Waals surface area contributed by atoms with Crippen molar-refractivity contribution >= 4 is 28.7 Å². The SMILES string of the molecule is CC[C@H](C)[C@H](NC(=O)[C@@H]1Cc2c([nH]c3ccccc23)[C@H]2CC(C)C(=O)N21)C(=O)O. The van der Waals surface area contributed by atoms with Gasteiger partial charge >= 0.3 is 5.97 Å². The van der Waals surface area contributed by atoms with E-state index in [0.29, 0.717) is 19.3 Å². The van der Waals surface area contributed by atoms with E-state index in [2.05, 4.69) is 10.3 Å². The summed E-state index contributed by atoms with van der Waals surface area (Å²) < 4.78 is 0. The Balaban J connectivity index is 1.72. The standard InChI is InChI=1S/C22H27N3O4/c1-4-11(2)18(22(28)29)24-20(26)17-10-14-13-7-5-6-8-15(13)23-19(14)16-9-12(3)21(27)25(16)17/h5-8,11-12,16-18,23H,4,9-10H2,1-3H3,(H,24,26)(H,28,29)/t11-,12?,16+,17-,18-/m0/s1. The first-order valence-corrected chi connectivity index (χ1v) is 10.3. The molecule has 2 aliphatic heterocycles. The highest BCUT2D eigenvalue weighted by molar-refractivity contribution is 5.95. The third-order valence-corrected chi connectivity index (χ3v) is 6.58. The fourth-order valence-corrected chi connectivity index (χ4v) is 4.75. The van der Waals surface area contributed by atoms with Crippen molar-refractivity contribution < 1.29 is 19.5 Å². The van der Waals surface area contributed by atoms with Crippen LogP contribution in [0.1, 0.15) is 50.9 Å². The van der Waals surface area contributed by atoms with Gasteiger partial charge in [-0.15, -0.1) is 0 Å². The number of nitrogens with zero attached hydrogens (tertiary/aromatic N) is 1. The number of para-hydroxylation sites is 1. The van der Waals surface area contributed by atoms with Gasteiger partial charge in [0.25, 0.3) is 0 Å². The largest absolute Gasteiger partial charge is 0.480 e. The lowest BCUT2D eigenvalue weighted by atomic mass is 9.91. The van der Waals surface area contributed by atoms with E-state index in [4.69, 9.17) is 0 Å². The second-order valence-corrected chi connectivity index (χ2v) is 8.39. The number of hydrogen-bond donors (Lipinski definition) is 3. The molecule has 1 saturated heterocycles. The van der Waals surface area contributed by atoms with Gasteiger partial charge in [0.05, 0.1) is 6.04 Å². The summed E-state index contributed by atoms with van der Waals surface area (Å²) in [4.78, 5) is 42.9. The minimum atomic E-state index is -1.05. The van der Waals surface area contributed by atoms with Crippen molar-refractivity contribution in [3.05, 3.63) is 35.5 Å². The van der Waals surface area contributed by atoms with Crippen LogP contribution in [0.4, 0.5) is 0 Å². The molecular formula is C22H27N3O4. The average Bonchev–Trinajstić information content (AvgIpc) is 3.22. The van der Waals surface area contributed by atoms with Crippen molar-refractivity contribution in [3.63, 3.8) is 0 Å². The van der Waals surface area contributed by atoms with Gasteiger partial charge in [-0.25, -0.2) is 4.79 Å². The second-order valence-electron chi connectivity index (χ2n) is 8.39. The van der Waals surface area contributed by atoms with E-state index in [1.54, 1.807) is 4.90 Å². The molecule has 1 aromatic carbocycles. The maximum atomic E-state index is 13.2. The predicted octanol–water partition coefficient (Wildman–Crippen LogP) is 2.62. The van der Waals surface area contributed by atoms with Crippen molar-refractivity contribution in [2.24, 2.45) is 11.8 Å². The Bertz CT molecular complexity index is 982. The normalized spacial score (nSPS) is 25.4. The van der Waals surface area contributed by atoms with Crippen molar-refractivity contribution in [1.29, 1.82) is 0 Å². The Morgan fingerprint density at radius 2 is 2.07 bits per heavy atom. The summed E-state index contributed by atoms with van der Waals surface area (Å²) in [5.41, 5.74) is 3.05. The zero-order valence-electron chi connectivity index (χ0n) is 16.9. The van der Waals surface area contributed by atoms with Gasteiger partial charge in [-0.05, 0) is 24.0 Å². The van der Waals surface area contributed by atoms with Gasteiger partial charge in [-0.3, -0.25) is 9.59 Å². The summed E-state index contributed by atoms with van der Waals surface area (Å²) in [5, 5.41) is 13.3. The number of carboxylic acid groups (broad SMARTS) is 1. The van der Waals surface area contributed by atoms with Crippen LogP contribution >= 0.6 is 0 Å². The van der Waals surface area contributed by atoms with Crippen molar-refractivity contribution in [3.8, 4) is 0 Å². The highest BCUT2D eigenvalue weighted by Crippen LogP contribution is 2.45. The van der Waals surface area contributed by atoms with Crippen LogP contribution < -0.4 is 5.32 Å². The Labute approximate surface area is 169 Å². The molecule has 4 rings (SSSR count). The number of benzene rings is 1. The topological polar surface area (TPSA) is 103 Å². The molecule has 2 aromatic rings. The minimum Gasteiger partial charge on any atom is -0.480 e. The van der Waals surface area contributed by atoms with Gasteiger partial charge in [0.2, 0.25) is 11.8 Å². The van der Waals surface area contributed by atoms with Gasteiger partial charge in [0.1, 0.15) is 12.1 Å². The number of rotatable bonds is 5. The maximum Gasteiger partial charge on any atom is 0.326 e. The number of aromatic nitrogens is 1. The predicted molar refractivity (Wildman–Crippen MR) is 108 cm³/mol. The smallest absolute Gasteiger partial charge is 0.326 e. The summed E-state index contributed by atoms with van der Waals surface area (Å²) in [6.07, 6.45) is 1.67. The van der Waals surface area contributed by atoms with Crippen LogP contribution in [-0.4, -0.2) is 44.9 Å². The fraction of sp³-hybridized carbons (Fsp3) is 0.500. The second kappa shape index (κ2) is 7.21. The summed E-state index contributed by atoms with van der Waals surface area (Å²) >= 11 is 0. The molecule has 7 nitrogen and oxygen atoms in total. The van der Waals surface area contributed by atoms with Crippen molar-refractivity contribution in [2.75, 3.05) is 0 Å². The molecule has 154 valence electrons. The van der Waals surface area contributed by atoms with Crippen LogP contribution in [0, 0.1) is 11.8 Å². The van der Waals surface area contributed by atoms with E-state index < -0.39 is 18.1 Å². The van der Waals surface area contributed by atoms with E-state index in [1.807, 2.05) is 45.0 Å². The third kappa shape index (κ3) is 3.09. The van der Waals surface area contributed by atoms with Crippen molar-refractivity contribution in [1.82, 2.24) is 15.2 Å². The van der Waals surface area contributed by atoms with E-state index >= 15 is 0 Å². The Hall–Kier alpha value is -2.83. The molecule has 3 N–H and O–H groups in total. The van der Waals surface area contributed by atoms with Crippen LogP contribution in [0.5, 0.6) is 0 Å². The van der Waals surface area contributed by atoms with Gasteiger partial charge < -0.3 is 20.3 Å². The van der Waals surface area contributed by atoms with Crippen LogP contribution in [0.25, 0.3) is 10.9 Å². The molecule has 1 unspecified atom stereocenters. The Morgan fingerprint density at radius 3 is 2.76 bits per heavy atom. The van der Waals surface area contributed by atoms with Crippen LogP contribution in [0.3, 0.4) is 0 Å². The Morgan fingerprint density at radius 1 is 1.34 bits per heavy atom. The number of carbonyl (C=O) groups excluding carboxylic acids is 2. The molecule has 2 amide bonds. The summed E-state index contributed by atoms with van der Waals surface area (Å²) in [6, 6.07) is 6.09. The van der Waals surface area contributed by atoms with Gasteiger partial charge in [0, 0.05) is 28.9 Å². The molecule has 29 heavy (non-hydrogen) atoms. The maximum absolute atomic E-state index is 13.2. The third-order valence-electron chi connectivity index (χ3n) is 6.58. The number of aliphatic carboxylic acids is 1.